The molecule has 0 spiro atoms. The van der Waals surface area contributed by atoms with Crippen LogP contribution in [0.1, 0.15) is 23.7 Å². The Balaban J connectivity index is 1.81. The molecule has 0 radical (unpaired) electrons. The lowest BCUT2D eigenvalue weighted by atomic mass is 10.2. The third-order valence-electron chi connectivity index (χ3n) is 3.96. The van der Waals surface area contributed by atoms with Crippen LogP contribution in [0.25, 0.3) is 10.1 Å². The second kappa shape index (κ2) is 8.72. The van der Waals surface area contributed by atoms with Crippen LogP contribution in [0.2, 0.25) is 0 Å². The summed E-state index contributed by atoms with van der Waals surface area (Å²) in [4.78, 5) is 35.2. The highest BCUT2D eigenvalue weighted by Crippen LogP contribution is 2.30. The molecule has 2 aromatic heterocycles. The van der Waals surface area contributed by atoms with Gasteiger partial charge >= 0.3 is 0 Å². The van der Waals surface area contributed by atoms with Crippen LogP contribution in [-0.4, -0.2) is 33.0 Å². The first-order valence-corrected chi connectivity index (χ1v) is 9.40. The number of aromatic nitrogens is 2. The molecular formula is C18H18N4O5S. The molecule has 0 unspecified atom stereocenters. The Morgan fingerprint density at radius 2 is 2.18 bits per heavy atom. The molecule has 0 aliphatic carbocycles. The summed E-state index contributed by atoms with van der Waals surface area (Å²) in [7, 11) is 0. The summed E-state index contributed by atoms with van der Waals surface area (Å²) in [6.07, 6.45) is 3.97. The lowest BCUT2D eigenvalue weighted by Crippen LogP contribution is -2.23. The molecule has 28 heavy (non-hydrogen) atoms. The number of nitro groups is 1. The van der Waals surface area contributed by atoms with Crippen LogP contribution in [0.5, 0.6) is 0 Å². The number of amides is 1. The molecule has 0 aliphatic heterocycles. The number of rotatable bonds is 8. The maximum absolute atomic E-state index is 12.6. The largest absolute Gasteiger partial charge is 0.380 e. The van der Waals surface area contributed by atoms with Crippen molar-refractivity contribution in [2.24, 2.45) is 0 Å². The minimum absolute atomic E-state index is 0.0374. The number of nitro benzene ring substituents is 1. The fourth-order valence-corrected chi connectivity index (χ4v) is 3.27. The highest BCUT2D eigenvalue weighted by molar-refractivity contribution is 7.13. The van der Waals surface area contributed by atoms with Gasteiger partial charge in [0.05, 0.1) is 16.2 Å². The molecule has 146 valence electrons. The molecule has 1 aromatic carbocycles. The van der Waals surface area contributed by atoms with Gasteiger partial charge in [0.15, 0.2) is 11.2 Å². The lowest BCUT2D eigenvalue weighted by Gasteiger charge is -2.09. The number of non-ortho nitro benzene ring substituents is 1. The monoisotopic (exact) mass is 402 g/mol. The molecule has 2 heterocycles. The Bertz CT molecular complexity index is 1080. The molecule has 3 rings (SSSR count). The van der Waals surface area contributed by atoms with E-state index in [1.807, 2.05) is 6.92 Å². The third kappa shape index (κ3) is 4.41. The molecule has 1 amide bonds. The number of hydrogen-bond donors (Lipinski definition) is 1. The number of ether oxygens (including phenoxy) is 1. The Labute approximate surface area is 163 Å². The molecule has 0 aliphatic rings. The van der Waals surface area contributed by atoms with Crippen LogP contribution in [0.4, 0.5) is 11.5 Å². The SMILES string of the molecule is CCCOCCn1ccc(=O)c(C(=O)Nc2nsc3ccc([N+](=O)[O-])cc23)c1. The zero-order chi connectivity index (χ0) is 20.1. The molecule has 0 saturated heterocycles. The average Bonchev–Trinajstić information content (AvgIpc) is 3.08. The summed E-state index contributed by atoms with van der Waals surface area (Å²) in [5.41, 5.74) is -0.560. The van der Waals surface area contributed by atoms with Crippen molar-refractivity contribution in [3.63, 3.8) is 0 Å². The molecule has 0 bridgehead atoms. The molecule has 0 atom stereocenters. The summed E-state index contributed by atoms with van der Waals surface area (Å²) in [5, 5.41) is 14.0. The second-order valence-electron chi connectivity index (χ2n) is 6.00. The Morgan fingerprint density at radius 1 is 1.36 bits per heavy atom. The second-order valence-corrected chi connectivity index (χ2v) is 6.80. The minimum Gasteiger partial charge on any atom is -0.380 e. The smallest absolute Gasteiger partial charge is 0.270 e. The highest BCUT2D eigenvalue weighted by atomic mass is 32.1. The van der Waals surface area contributed by atoms with Crippen LogP contribution < -0.4 is 10.7 Å². The zero-order valence-electron chi connectivity index (χ0n) is 15.1. The van der Waals surface area contributed by atoms with E-state index in [1.165, 1.54) is 24.4 Å². The number of carbonyl (C=O) groups excluding carboxylic acids is 1. The number of nitrogens with zero attached hydrogens (tertiary/aromatic N) is 3. The van der Waals surface area contributed by atoms with Crippen LogP contribution in [0, 0.1) is 10.1 Å². The van der Waals surface area contributed by atoms with Gasteiger partial charge in [0.2, 0.25) is 0 Å². The lowest BCUT2D eigenvalue weighted by molar-refractivity contribution is -0.384. The molecule has 9 nitrogen and oxygen atoms in total. The van der Waals surface area contributed by atoms with Crippen LogP contribution in [0.15, 0.2) is 41.5 Å². The summed E-state index contributed by atoms with van der Waals surface area (Å²) in [6, 6.07) is 5.62. The van der Waals surface area contributed by atoms with Crippen molar-refractivity contribution in [2.75, 3.05) is 18.5 Å². The Hall–Kier alpha value is -3.11. The van der Waals surface area contributed by atoms with Gasteiger partial charge < -0.3 is 14.6 Å². The van der Waals surface area contributed by atoms with Crippen molar-refractivity contribution in [1.29, 1.82) is 0 Å². The Kier molecular flexibility index (Phi) is 6.12. The number of pyridine rings is 1. The molecule has 0 saturated carbocycles. The summed E-state index contributed by atoms with van der Waals surface area (Å²) >= 11 is 1.11. The molecule has 3 aromatic rings. The molecule has 0 fully saturated rings. The van der Waals surface area contributed by atoms with E-state index in [0.717, 1.165) is 18.0 Å². The van der Waals surface area contributed by atoms with E-state index in [9.17, 15) is 19.7 Å². The van der Waals surface area contributed by atoms with Gasteiger partial charge in [0, 0.05) is 49.1 Å². The standard InChI is InChI=1S/C18H18N4O5S/c1-2-8-27-9-7-21-6-5-15(23)14(11-21)18(24)19-17-13-10-12(22(25)26)3-4-16(13)28-20-17/h3-6,10-11H,2,7-9H2,1H3,(H,19,20,24). The van der Waals surface area contributed by atoms with Crippen molar-refractivity contribution in [1.82, 2.24) is 8.94 Å². The van der Waals surface area contributed by atoms with Gasteiger partial charge in [-0.25, -0.2) is 0 Å². The normalized spacial score (nSPS) is 10.9. The first kappa shape index (κ1) is 19.6. The summed E-state index contributed by atoms with van der Waals surface area (Å²) in [5.74, 6) is -0.428. The van der Waals surface area contributed by atoms with E-state index in [-0.39, 0.29) is 17.1 Å². The average molecular weight is 402 g/mol. The van der Waals surface area contributed by atoms with Crippen molar-refractivity contribution in [3.05, 3.63) is 62.6 Å². The van der Waals surface area contributed by atoms with E-state index in [1.54, 1.807) is 16.8 Å². The molecule has 1 N–H and O–H groups in total. The van der Waals surface area contributed by atoms with Gasteiger partial charge in [-0.2, -0.15) is 4.37 Å². The number of anilines is 1. The van der Waals surface area contributed by atoms with E-state index >= 15 is 0 Å². The van der Waals surface area contributed by atoms with Crippen LogP contribution in [-0.2, 0) is 11.3 Å². The van der Waals surface area contributed by atoms with Crippen LogP contribution in [0.3, 0.4) is 0 Å². The zero-order valence-corrected chi connectivity index (χ0v) is 15.9. The minimum atomic E-state index is -0.618. The predicted molar refractivity (Wildman–Crippen MR) is 106 cm³/mol. The topological polar surface area (TPSA) is 116 Å². The number of hydrogen-bond acceptors (Lipinski definition) is 7. The van der Waals surface area contributed by atoms with E-state index in [4.69, 9.17) is 4.74 Å². The van der Waals surface area contributed by atoms with E-state index in [0.29, 0.717) is 29.8 Å². The quantitative estimate of drug-likeness (QED) is 0.352. The molecular weight excluding hydrogens is 384 g/mol. The highest BCUT2D eigenvalue weighted by Gasteiger charge is 2.17. The van der Waals surface area contributed by atoms with E-state index < -0.39 is 16.3 Å². The number of fused-ring (bicyclic) bond motifs is 1. The van der Waals surface area contributed by atoms with Gasteiger partial charge in [0.1, 0.15) is 5.56 Å². The first-order chi connectivity index (χ1) is 13.5. The summed E-state index contributed by atoms with van der Waals surface area (Å²) in [6.45, 7) is 3.64. The molecule has 10 heteroatoms. The maximum atomic E-state index is 12.6. The van der Waals surface area contributed by atoms with E-state index in [2.05, 4.69) is 9.69 Å². The number of carbonyl (C=O) groups is 1. The fraction of sp³-hybridized carbons (Fsp3) is 0.278. The predicted octanol–water partition coefficient (Wildman–Crippen LogP) is 3.05. The third-order valence-corrected chi connectivity index (χ3v) is 4.79. The summed E-state index contributed by atoms with van der Waals surface area (Å²) < 4.78 is 12.0. The van der Waals surface area contributed by atoms with Gasteiger partial charge in [-0.15, -0.1) is 0 Å². The maximum Gasteiger partial charge on any atom is 0.270 e. The van der Waals surface area contributed by atoms with Crippen molar-refractivity contribution >= 4 is 39.0 Å². The van der Waals surface area contributed by atoms with Gasteiger partial charge in [-0.3, -0.25) is 19.7 Å². The van der Waals surface area contributed by atoms with Gasteiger partial charge in [-0.05, 0) is 24.0 Å². The van der Waals surface area contributed by atoms with Crippen molar-refractivity contribution in [2.45, 2.75) is 19.9 Å². The van der Waals surface area contributed by atoms with Gasteiger partial charge in [-0.1, -0.05) is 6.92 Å². The van der Waals surface area contributed by atoms with Gasteiger partial charge in [0.25, 0.3) is 11.6 Å². The fourth-order valence-electron chi connectivity index (χ4n) is 2.56. The number of benzene rings is 1. The van der Waals surface area contributed by atoms with Crippen LogP contribution >= 0.6 is 11.5 Å². The number of nitrogens with one attached hydrogen (secondary N) is 1. The van der Waals surface area contributed by atoms with Crippen molar-refractivity contribution in [3.8, 4) is 0 Å². The van der Waals surface area contributed by atoms with Crippen molar-refractivity contribution < 1.29 is 14.5 Å². The Morgan fingerprint density at radius 3 is 2.93 bits per heavy atom. The first-order valence-electron chi connectivity index (χ1n) is 8.62.